The normalized spacial score (nSPS) is 10.3. The predicted molar refractivity (Wildman–Crippen MR) is 329 cm³/mol. The van der Waals surface area contributed by atoms with Gasteiger partial charge in [-0.2, -0.15) is 0 Å². The molecule has 81 heavy (non-hydrogen) atoms. The van der Waals surface area contributed by atoms with Gasteiger partial charge in [0, 0.05) is 52.7 Å². The molecule has 2 atom stereocenters. The number of nitrogens with one attached hydrogen (secondary N) is 2. The Labute approximate surface area is 488 Å². The maximum Gasteiger partial charge on any atom is 0.248 e. The molecule has 0 aliphatic carbocycles. The Hall–Kier alpha value is -8.17. The van der Waals surface area contributed by atoms with Gasteiger partial charge < -0.3 is 53.9 Å². The van der Waals surface area contributed by atoms with Gasteiger partial charge in [0.1, 0.15) is 36.4 Å². The number of H-pyrrole nitrogens is 1. The Kier molecular flexibility index (Phi) is 39.1. The van der Waals surface area contributed by atoms with E-state index in [1.165, 1.54) is 56.2 Å². The lowest BCUT2D eigenvalue weighted by Gasteiger charge is -2.03. The highest BCUT2D eigenvalue weighted by Gasteiger charge is 2.07. The second-order valence-electron chi connectivity index (χ2n) is 16.4. The number of nitrogen functional groups attached to an aromatic ring is 1. The van der Waals surface area contributed by atoms with Crippen LogP contribution in [0.4, 0.5) is 10.3 Å². The fourth-order valence-electron chi connectivity index (χ4n) is 5.37. The van der Waals surface area contributed by atoms with Crippen LogP contribution in [0.15, 0.2) is 137 Å². The van der Waals surface area contributed by atoms with Crippen molar-refractivity contribution >= 4 is 56.1 Å². The number of rotatable bonds is 14. The first-order valence-electron chi connectivity index (χ1n) is 26.2. The average molecular weight is 1170 g/mol. The van der Waals surface area contributed by atoms with Crippen molar-refractivity contribution in [2.24, 2.45) is 27.9 Å². The van der Waals surface area contributed by atoms with Crippen molar-refractivity contribution in [1.82, 2.24) is 60.4 Å². The minimum Gasteiger partial charge on any atom is -0.508 e. The van der Waals surface area contributed by atoms with E-state index in [0.717, 1.165) is 61.5 Å². The topological polar surface area (TPSA) is 363 Å². The minimum absolute atomic E-state index is 0.0422. The monoisotopic (exact) mass is 1170 g/mol. The number of aromatic nitrogens is 12. The van der Waals surface area contributed by atoms with Crippen molar-refractivity contribution in [1.29, 1.82) is 0 Å². The molecule has 0 saturated carbocycles. The van der Waals surface area contributed by atoms with Gasteiger partial charge >= 0.3 is 0 Å². The molecule has 1 amide bonds. The summed E-state index contributed by atoms with van der Waals surface area (Å²) in [5, 5.41) is 48.7. The number of imidazole rings is 1. The van der Waals surface area contributed by atoms with Crippen molar-refractivity contribution in [2.45, 2.75) is 120 Å². The van der Waals surface area contributed by atoms with Crippen molar-refractivity contribution < 1.29 is 19.7 Å². The number of aromatic hydroxyl groups is 2. The van der Waals surface area contributed by atoms with Gasteiger partial charge in [0.15, 0.2) is 16.2 Å². The molecule has 14 N–H and O–H groups in total. The largest absolute Gasteiger partial charge is 0.508 e. The third kappa shape index (κ3) is 35.9. The fourth-order valence-corrected chi connectivity index (χ4v) is 7.48. The molecule has 0 fully saturated rings. The van der Waals surface area contributed by atoms with Gasteiger partial charge in [-0.3, -0.25) is 9.79 Å². The van der Waals surface area contributed by atoms with Gasteiger partial charge in [-0.15, -0.1) is 44.2 Å². The van der Waals surface area contributed by atoms with Gasteiger partial charge in [0.05, 0.1) is 24.3 Å². The number of phenols is 2. The van der Waals surface area contributed by atoms with Gasteiger partial charge in [0.25, 0.3) is 0 Å². The Morgan fingerprint density at radius 1 is 0.716 bits per heavy atom. The molecular weight excluding hydrogens is 1090 g/mol. The maximum absolute atomic E-state index is 11.5. The molecule has 440 valence electrons. The molecule has 0 unspecified atom stereocenters. The number of carbonyl (C=O) groups excluding carboxylic acids is 1. The predicted octanol–water partition coefficient (Wildman–Crippen LogP) is 9.17. The van der Waals surface area contributed by atoms with Crippen molar-refractivity contribution in [3.05, 3.63) is 165 Å². The van der Waals surface area contributed by atoms with Crippen LogP contribution >= 0.6 is 34.0 Å². The number of hydrogen-bond donors (Lipinski definition) is 9. The third-order valence-corrected chi connectivity index (χ3v) is 12.3. The summed E-state index contributed by atoms with van der Waals surface area (Å²) in [5.41, 5.74) is 32.1. The van der Waals surface area contributed by atoms with Crippen LogP contribution in [0.3, 0.4) is 0 Å². The number of carbonyl (C=O) groups is 1. The second kappa shape index (κ2) is 44.7. The Balaban J connectivity index is 0.000000463. The zero-order chi connectivity index (χ0) is 60.0. The lowest BCUT2D eigenvalue weighted by Crippen LogP contribution is -2.22. The molecule has 23 nitrogen and oxygen atoms in total. The number of benzene rings is 3. The number of phenolic OH excluding ortho intramolecular Hbond substituents is 2. The summed E-state index contributed by atoms with van der Waals surface area (Å²) in [4.78, 5) is 31.8. The summed E-state index contributed by atoms with van der Waals surface area (Å²) >= 11 is 4.73. The first-order valence-corrected chi connectivity index (χ1v) is 28.8. The number of ether oxygens (including phenoxy) is 1. The van der Waals surface area contributed by atoms with Crippen LogP contribution in [0.5, 0.6) is 17.2 Å². The lowest BCUT2D eigenvalue weighted by atomic mass is 10.1. The highest BCUT2D eigenvalue weighted by atomic mass is 32.1. The number of amides is 1. The zero-order valence-corrected chi connectivity index (χ0v) is 50.4. The summed E-state index contributed by atoms with van der Waals surface area (Å²) in [6.45, 7) is 20.5. The highest BCUT2D eigenvalue weighted by molar-refractivity contribution is 7.14. The molecule has 9 rings (SSSR count). The number of thiazole rings is 2. The average Bonchev–Trinajstić information content (AvgIpc) is 4.35. The molecule has 6 heterocycles. The van der Waals surface area contributed by atoms with E-state index in [1.54, 1.807) is 53.7 Å². The highest BCUT2D eigenvalue weighted by Crippen LogP contribution is 2.17. The van der Waals surface area contributed by atoms with Gasteiger partial charge in [0.2, 0.25) is 5.91 Å². The van der Waals surface area contributed by atoms with Crippen LogP contribution < -0.4 is 38.7 Å². The number of anilines is 2. The summed E-state index contributed by atoms with van der Waals surface area (Å²) in [5.74, 6) is 1.33. The molecule has 3 aromatic carbocycles. The van der Waals surface area contributed by atoms with E-state index < -0.39 is 0 Å². The van der Waals surface area contributed by atoms with Crippen molar-refractivity contribution in [3.63, 3.8) is 0 Å². The minimum atomic E-state index is -0.190. The second-order valence-corrected chi connectivity index (χ2v) is 19.2. The quantitative estimate of drug-likeness (QED) is 0.0362. The molecule has 26 heteroatoms. The number of aryl methyl sites for hydroxylation is 5. The van der Waals surface area contributed by atoms with E-state index in [4.69, 9.17) is 43.6 Å². The SMILES string of the molecule is CCCN=C(N)N.CCOc1ccc(O)cc1.CCc1cccs1.CCc1cnc[nH]1.CCc1csc(N)n1.CCc1csc(NC(=O)Cn2cnnn2)n1.CCn1cnnn1.C[C@H](N)c1ccc(O)cc1.C[C@H](N)c1ccccc1. The Bertz CT molecular complexity index is 2760. The first kappa shape index (κ1) is 70.8. The summed E-state index contributed by atoms with van der Waals surface area (Å²) in [7, 11) is 0. The number of guanidine groups is 1. The summed E-state index contributed by atoms with van der Waals surface area (Å²) < 4.78 is 8.15. The molecule has 6 aromatic heterocycles. The number of aromatic amines is 1. The van der Waals surface area contributed by atoms with Crippen LogP contribution in [0.25, 0.3) is 0 Å². The molecule has 0 spiro atoms. The van der Waals surface area contributed by atoms with Crippen LogP contribution in [0.1, 0.15) is 114 Å². The van der Waals surface area contributed by atoms with E-state index >= 15 is 0 Å². The Morgan fingerprint density at radius 3 is 1.65 bits per heavy atom. The van der Waals surface area contributed by atoms with E-state index in [1.807, 2.05) is 112 Å². The van der Waals surface area contributed by atoms with E-state index in [-0.39, 0.29) is 42.0 Å². The standard InChI is InChI=1S/C8H10N6OS.C8H11NO.C8H11N.C8H10O2.C6H8S.C5H8N2S.C5H8N2.C4H11N3.C3H6N4/c1-2-6-4-16-8(10-6)11-7(15)3-14-5-9-12-13-14;1-6(9)7-2-4-8(10)5-3-7;1-7(9)8-5-3-2-4-6-8;1-2-10-8-5-3-7(9)4-6-8;1-2-6-4-3-5-7-6;1-2-4-3-8-5(6)7-4;1-2-5-3-6-4-7-5;1-2-3-7-4(5)6;1-2-7-3-4-5-6-7/h4-5H,2-3H2,1H3,(H,10,11,15);2-6,10H,9H2,1H3;2-7H,9H2,1H3;3-6,9H,2H2,1H3;3-5H,2H2,1H3;3H,2H2,1H3,(H2,6,7);3-4H,2H2,1H3,(H,6,7);2-3H2,1H3,(H4,5,6,7);3H,2H2,1H3/t;6-;7-;;;;;;/m.00....../s1. The molecule has 0 aliphatic rings. The van der Waals surface area contributed by atoms with E-state index in [0.29, 0.717) is 16.9 Å². The molecule has 0 aliphatic heterocycles. The van der Waals surface area contributed by atoms with Gasteiger partial charge in [-0.05, 0) is 140 Å². The lowest BCUT2D eigenvalue weighted by molar-refractivity contribution is -0.116. The molecular formula is C55H83N19O4S3. The number of hydrogen-bond acceptors (Lipinski definition) is 20. The van der Waals surface area contributed by atoms with Crippen LogP contribution in [-0.2, 0) is 43.6 Å². The molecule has 9 aromatic rings. The fraction of sp³-hybridized carbons (Fsp3) is 0.364. The molecule has 0 saturated heterocycles. The van der Waals surface area contributed by atoms with E-state index in [9.17, 15) is 4.79 Å². The number of aliphatic imine (C=N–C) groups is 1. The zero-order valence-electron chi connectivity index (χ0n) is 47.9. The first-order chi connectivity index (χ1) is 39.0. The number of nitrogens with two attached hydrogens (primary N) is 5. The smallest absolute Gasteiger partial charge is 0.248 e. The summed E-state index contributed by atoms with van der Waals surface area (Å²) in [6, 6.07) is 28.1. The van der Waals surface area contributed by atoms with Crippen LogP contribution in [0, 0.1) is 0 Å². The summed E-state index contributed by atoms with van der Waals surface area (Å²) in [6.07, 6.45) is 11.6. The Morgan fingerprint density at radius 2 is 1.30 bits per heavy atom. The van der Waals surface area contributed by atoms with E-state index in [2.05, 4.69) is 99.6 Å². The van der Waals surface area contributed by atoms with Gasteiger partial charge in [-0.25, -0.2) is 24.3 Å². The number of tetrazole rings is 2. The van der Waals surface area contributed by atoms with Crippen LogP contribution in [-0.4, -0.2) is 95.6 Å². The number of thiophene rings is 1. The molecule has 0 radical (unpaired) electrons. The van der Waals surface area contributed by atoms with Crippen molar-refractivity contribution in [2.75, 3.05) is 24.2 Å². The number of nitrogens with zero attached hydrogens (tertiary/aromatic N) is 12. The maximum atomic E-state index is 11.5. The van der Waals surface area contributed by atoms with Crippen LogP contribution in [0.2, 0.25) is 0 Å². The third-order valence-electron chi connectivity index (χ3n) is 9.78. The molecule has 0 bridgehead atoms. The van der Waals surface area contributed by atoms with Gasteiger partial charge in [-0.1, -0.05) is 83.1 Å². The van der Waals surface area contributed by atoms with Crippen molar-refractivity contribution in [3.8, 4) is 17.2 Å².